The molecule has 0 aliphatic heterocycles. The average Bonchev–Trinajstić information content (AvgIpc) is 3.46. The molecular formula is C23H33N7O2S. The summed E-state index contributed by atoms with van der Waals surface area (Å²) in [6.07, 6.45) is 11.4. The normalized spacial score (nSPS) is 13.6. The molecule has 1 saturated carbocycles. The highest BCUT2D eigenvalue weighted by atomic mass is 32.1. The summed E-state index contributed by atoms with van der Waals surface area (Å²) in [6, 6.07) is 2.11. The number of amides is 2. The number of aromatic nitrogens is 3. The molecule has 9 nitrogen and oxygen atoms in total. The van der Waals surface area contributed by atoms with Gasteiger partial charge in [-0.3, -0.25) is 20.4 Å². The highest BCUT2D eigenvalue weighted by Gasteiger charge is 2.26. The SMILES string of the molecule is CN(C)C(=O)c1cc2cnc(NNC(=O)CCCCCCCN=C=S)nc2n1C1CCCC1. The standard InChI is InChI=1S/C23H33N7O2S/c1-29(2)22(32)19-14-17-15-25-23(26-21(17)30(19)18-10-7-8-11-18)28-27-20(31)12-6-4-3-5-9-13-24-16-33/h14-15,18H,3-13H2,1-2H3,(H,27,31)(H,25,26,28). The van der Waals surface area contributed by atoms with Crippen molar-refractivity contribution in [3.63, 3.8) is 0 Å². The number of rotatable bonds is 12. The maximum Gasteiger partial charge on any atom is 0.270 e. The summed E-state index contributed by atoms with van der Waals surface area (Å²) in [5, 5.41) is 3.19. The topological polar surface area (TPSA) is 105 Å². The van der Waals surface area contributed by atoms with Crippen molar-refractivity contribution < 1.29 is 9.59 Å². The number of hydrazine groups is 1. The van der Waals surface area contributed by atoms with Crippen LogP contribution < -0.4 is 10.9 Å². The summed E-state index contributed by atoms with van der Waals surface area (Å²) in [4.78, 5) is 39.4. The number of unbranched alkanes of at least 4 members (excludes halogenated alkanes) is 4. The monoisotopic (exact) mass is 471 g/mol. The van der Waals surface area contributed by atoms with Gasteiger partial charge in [0.25, 0.3) is 5.91 Å². The van der Waals surface area contributed by atoms with Gasteiger partial charge in [-0.2, -0.15) is 4.98 Å². The van der Waals surface area contributed by atoms with Gasteiger partial charge in [0.1, 0.15) is 11.3 Å². The van der Waals surface area contributed by atoms with Crippen LogP contribution in [0, 0.1) is 0 Å². The van der Waals surface area contributed by atoms with Gasteiger partial charge >= 0.3 is 0 Å². The molecule has 2 N–H and O–H groups in total. The molecule has 0 radical (unpaired) electrons. The number of carbonyl (C=O) groups excluding carboxylic acids is 2. The highest BCUT2D eigenvalue weighted by Crippen LogP contribution is 2.34. The second-order valence-electron chi connectivity index (χ2n) is 8.67. The van der Waals surface area contributed by atoms with Crippen LogP contribution in [-0.4, -0.2) is 57.1 Å². The van der Waals surface area contributed by atoms with Gasteiger partial charge in [0.15, 0.2) is 0 Å². The minimum absolute atomic E-state index is 0.0471. The van der Waals surface area contributed by atoms with Crippen molar-refractivity contribution in [1.29, 1.82) is 0 Å². The van der Waals surface area contributed by atoms with Crippen molar-refractivity contribution in [1.82, 2.24) is 24.9 Å². The van der Waals surface area contributed by atoms with Crippen LogP contribution in [0.3, 0.4) is 0 Å². The molecule has 0 saturated heterocycles. The first kappa shape index (κ1) is 24.8. The summed E-state index contributed by atoms with van der Waals surface area (Å²) in [5.41, 5.74) is 6.87. The number of fused-ring (bicyclic) bond motifs is 1. The molecule has 3 rings (SSSR count). The number of thiocarbonyl (C=S) groups is 1. The Morgan fingerprint density at radius 3 is 2.67 bits per heavy atom. The maximum atomic E-state index is 12.8. The molecule has 33 heavy (non-hydrogen) atoms. The van der Waals surface area contributed by atoms with E-state index in [0.717, 1.165) is 75.4 Å². The lowest BCUT2D eigenvalue weighted by molar-refractivity contribution is -0.120. The number of nitrogens with one attached hydrogen (secondary N) is 2. The Morgan fingerprint density at radius 2 is 1.94 bits per heavy atom. The molecule has 2 heterocycles. The second-order valence-corrected chi connectivity index (χ2v) is 8.86. The summed E-state index contributed by atoms with van der Waals surface area (Å²) >= 11 is 4.54. The molecule has 0 aromatic carbocycles. The fraction of sp³-hybridized carbons (Fsp3) is 0.609. The first-order chi connectivity index (χ1) is 16.0. The van der Waals surface area contributed by atoms with Gasteiger partial charge in [0, 0.05) is 44.7 Å². The molecule has 0 spiro atoms. The van der Waals surface area contributed by atoms with Crippen LogP contribution in [0.5, 0.6) is 0 Å². The van der Waals surface area contributed by atoms with Crippen molar-refractivity contribution in [2.45, 2.75) is 70.3 Å². The van der Waals surface area contributed by atoms with Crippen LogP contribution in [0.2, 0.25) is 0 Å². The van der Waals surface area contributed by atoms with E-state index in [2.05, 4.69) is 47.8 Å². The maximum absolute atomic E-state index is 12.8. The van der Waals surface area contributed by atoms with Gasteiger partial charge in [-0.15, -0.1) is 0 Å². The summed E-state index contributed by atoms with van der Waals surface area (Å²) in [6.45, 7) is 0.729. The van der Waals surface area contributed by atoms with E-state index in [-0.39, 0.29) is 17.9 Å². The molecule has 0 atom stereocenters. The van der Waals surface area contributed by atoms with Gasteiger partial charge in [-0.05, 0) is 44.0 Å². The van der Waals surface area contributed by atoms with Crippen LogP contribution in [-0.2, 0) is 4.79 Å². The molecule has 1 aliphatic carbocycles. The average molecular weight is 472 g/mol. The zero-order valence-corrected chi connectivity index (χ0v) is 20.3. The number of isothiocyanates is 1. The van der Waals surface area contributed by atoms with Crippen molar-refractivity contribution in [3.8, 4) is 0 Å². The van der Waals surface area contributed by atoms with Crippen molar-refractivity contribution >= 4 is 46.2 Å². The van der Waals surface area contributed by atoms with Crippen LogP contribution in [0.1, 0.15) is 80.7 Å². The Kier molecular flexibility index (Phi) is 9.33. The molecule has 178 valence electrons. The van der Waals surface area contributed by atoms with Crippen LogP contribution in [0.4, 0.5) is 5.95 Å². The van der Waals surface area contributed by atoms with Gasteiger partial charge < -0.3 is 9.47 Å². The van der Waals surface area contributed by atoms with E-state index in [0.29, 0.717) is 18.1 Å². The van der Waals surface area contributed by atoms with Gasteiger partial charge in [-0.1, -0.05) is 32.1 Å². The number of nitrogens with zero attached hydrogens (tertiary/aromatic N) is 5. The molecule has 0 bridgehead atoms. The lowest BCUT2D eigenvalue weighted by Crippen LogP contribution is -2.30. The Balaban J connectivity index is 1.58. The predicted molar refractivity (Wildman–Crippen MR) is 132 cm³/mol. The first-order valence-corrected chi connectivity index (χ1v) is 12.1. The number of anilines is 1. The fourth-order valence-electron chi connectivity index (χ4n) is 4.23. The largest absolute Gasteiger partial charge is 0.343 e. The van der Waals surface area contributed by atoms with E-state index in [1.165, 1.54) is 0 Å². The molecular weight excluding hydrogens is 438 g/mol. The third kappa shape index (κ3) is 6.82. The summed E-state index contributed by atoms with van der Waals surface area (Å²) in [7, 11) is 3.51. The van der Waals surface area contributed by atoms with Gasteiger partial charge in [0.05, 0.1) is 5.16 Å². The third-order valence-electron chi connectivity index (χ3n) is 5.94. The van der Waals surface area contributed by atoms with E-state index in [1.807, 2.05) is 6.07 Å². The zero-order valence-electron chi connectivity index (χ0n) is 19.5. The van der Waals surface area contributed by atoms with Crippen molar-refractivity contribution in [2.24, 2.45) is 4.99 Å². The highest BCUT2D eigenvalue weighted by molar-refractivity contribution is 7.78. The van der Waals surface area contributed by atoms with E-state index in [1.54, 1.807) is 25.2 Å². The smallest absolute Gasteiger partial charge is 0.270 e. The van der Waals surface area contributed by atoms with E-state index in [9.17, 15) is 9.59 Å². The first-order valence-electron chi connectivity index (χ1n) is 11.7. The van der Waals surface area contributed by atoms with E-state index in [4.69, 9.17) is 0 Å². The Morgan fingerprint density at radius 1 is 1.21 bits per heavy atom. The molecule has 0 unspecified atom stereocenters. The van der Waals surface area contributed by atoms with Crippen LogP contribution in [0.15, 0.2) is 17.3 Å². The summed E-state index contributed by atoms with van der Waals surface area (Å²) in [5.74, 6) is 0.170. The molecule has 10 heteroatoms. The second kappa shape index (κ2) is 12.4. The molecule has 2 aromatic heterocycles. The molecule has 2 aromatic rings. The number of hydrogen-bond acceptors (Lipinski definition) is 7. The van der Waals surface area contributed by atoms with E-state index < -0.39 is 0 Å². The predicted octanol–water partition coefficient (Wildman–Crippen LogP) is 4.13. The Bertz CT molecular complexity index is 1010. The van der Waals surface area contributed by atoms with Gasteiger partial charge in [-0.25, -0.2) is 9.98 Å². The minimum Gasteiger partial charge on any atom is -0.343 e. The molecule has 2 amide bonds. The zero-order chi connectivity index (χ0) is 23.6. The minimum atomic E-state index is -0.0985. The van der Waals surface area contributed by atoms with Crippen molar-refractivity contribution in [2.75, 3.05) is 26.1 Å². The van der Waals surface area contributed by atoms with Crippen LogP contribution in [0.25, 0.3) is 11.0 Å². The lowest BCUT2D eigenvalue weighted by atomic mass is 10.1. The fourth-order valence-corrected chi connectivity index (χ4v) is 4.33. The quantitative estimate of drug-likeness (QED) is 0.209. The number of aliphatic imine (C=N–C) groups is 1. The number of carbonyl (C=O) groups is 2. The molecule has 1 aliphatic rings. The van der Waals surface area contributed by atoms with E-state index >= 15 is 0 Å². The lowest BCUT2D eigenvalue weighted by Gasteiger charge is -2.19. The number of hydrogen-bond donors (Lipinski definition) is 2. The Hall–Kier alpha value is -2.84. The Labute approximate surface area is 200 Å². The van der Waals surface area contributed by atoms with Crippen molar-refractivity contribution in [3.05, 3.63) is 18.0 Å². The third-order valence-corrected chi connectivity index (χ3v) is 6.07. The molecule has 1 fully saturated rings. The van der Waals surface area contributed by atoms with Gasteiger partial charge in [0.2, 0.25) is 11.9 Å². The summed E-state index contributed by atoms with van der Waals surface area (Å²) < 4.78 is 2.05. The van der Waals surface area contributed by atoms with Crippen LogP contribution >= 0.6 is 12.2 Å².